The number of rotatable bonds is 4. The van der Waals surface area contributed by atoms with E-state index in [1.54, 1.807) is 19.2 Å². The van der Waals surface area contributed by atoms with Gasteiger partial charge in [-0.25, -0.2) is 9.99 Å². The zero-order valence-corrected chi connectivity index (χ0v) is 18.2. The van der Waals surface area contributed by atoms with Gasteiger partial charge in [-0.05, 0) is 42.0 Å². The van der Waals surface area contributed by atoms with Crippen molar-refractivity contribution in [3.05, 3.63) is 107 Å². The van der Waals surface area contributed by atoms with Gasteiger partial charge in [0.25, 0.3) is 5.91 Å². The van der Waals surface area contributed by atoms with E-state index < -0.39 is 0 Å². The number of ether oxygens (including phenoxy) is 1. The van der Waals surface area contributed by atoms with Gasteiger partial charge in [0.05, 0.1) is 24.4 Å². The van der Waals surface area contributed by atoms with Gasteiger partial charge in [-0.1, -0.05) is 60.1 Å². The van der Waals surface area contributed by atoms with Gasteiger partial charge in [0, 0.05) is 22.9 Å². The average Bonchev–Trinajstić information content (AvgIpc) is 3.29. The third-order valence-electron chi connectivity index (χ3n) is 5.61. The van der Waals surface area contributed by atoms with Gasteiger partial charge in [0.1, 0.15) is 10.9 Å². The van der Waals surface area contributed by atoms with Crippen molar-refractivity contribution >= 4 is 34.1 Å². The maximum absolute atomic E-state index is 13.4. The van der Waals surface area contributed by atoms with E-state index in [2.05, 4.69) is 4.98 Å². The molecule has 0 saturated heterocycles. The van der Waals surface area contributed by atoms with Crippen LogP contribution in [0.3, 0.4) is 0 Å². The number of carbonyl (C=O) groups is 1. The summed E-state index contributed by atoms with van der Waals surface area (Å²) in [6, 6.07) is 26.3. The molecule has 0 fully saturated rings. The lowest BCUT2D eigenvalue weighted by Crippen LogP contribution is -2.27. The highest BCUT2D eigenvalue weighted by molar-refractivity contribution is 6.30. The third-order valence-corrected chi connectivity index (χ3v) is 5.91. The molecule has 32 heavy (non-hydrogen) atoms. The van der Waals surface area contributed by atoms with Crippen LogP contribution in [-0.4, -0.2) is 28.7 Å². The summed E-state index contributed by atoms with van der Waals surface area (Å²) in [6.45, 7) is 0. The summed E-state index contributed by atoms with van der Waals surface area (Å²) < 4.78 is 5.36. The number of amides is 1. The van der Waals surface area contributed by atoms with E-state index in [4.69, 9.17) is 21.4 Å². The van der Waals surface area contributed by atoms with Crippen molar-refractivity contribution in [3.63, 3.8) is 0 Å². The van der Waals surface area contributed by atoms with Crippen LogP contribution in [0.4, 0.5) is 0 Å². The van der Waals surface area contributed by atoms with Crippen molar-refractivity contribution in [1.29, 1.82) is 0 Å². The number of aromatic nitrogens is 1. The maximum Gasteiger partial charge on any atom is 0.274 e. The highest BCUT2D eigenvalue weighted by atomic mass is 35.5. The Morgan fingerprint density at radius 1 is 1.00 bits per heavy atom. The molecule has 0 radical (unpaired) electrons. The number of benzene rings is 3. The molecule has 5 rings (SSSR count). The van der Waals surface area contributed by atoms with Gasteiger partial charge < -0.3 is 4.74 Å². The van der Waals surface area contributed by atoms with Crippen LogP contribution in [0.5, 0.6) is 5.75 Å². The first kappa shape index (κ1) is 20.2. The lowest BCUT2D eigenvalue weighted by atomic mass is 9.98. The second-order valence-electron chi connectivity index (χ2n) is 7.58. The molecule has 0 bridgehead atoms. The van der Waals surface area contributed by atoms with Crippen molar-refractivity contribution in [2.45, 2.75) is 12.5 Å². The van der Waals surface area contributed by atoms with Crippen molar-refractivity contribution < 1.29 is 9.53 Å². The molecule has 1 aliphatic rings. The Balaban J connectivity index is 1.61. The molecule has 1 aliphatic heterocycles. The Hall–Kier alpha value is -3.70. The lowest BCUT2D eigenvalue weighted by Gasteiger charge is -2.23. The van der Waals surface area contributed by atoms with E-state index in [1.165, 1.54) is 5.01 Å². The van der Waals surface area contributed by atoms with E-state index >= 15 is 0 Å². The zero-order chi connectivity index (χ0) is 22.1. The fourth-order valence-corrected chi connectivity index (χ4v) is 4.24. The van der Waals surface area contributed by atoms with Crippen LogP contribution in [0.1, 0.15) is 33.9 Å². The fourth-order valence-electron chi connectivity index (χ4n) is 3.97. The highest BCUT2D eigenvalue weighted by Gasteiger charge is 2.35. The molecule has 1 atom stereocenters. The van der Waals surface area contributed by atoms with Crippen LogP contribution in [0, 0.1) is 0 Å². The van der Waals surface area contributed by atoms with Crippen molar-refractivity contribution in [2.24, 2.45) is 5.10 Å². The zero-order valence-electron chi connectivity index (χ0n) is 17.4. The van der Waals surface area contributed by atoms with Crippen LogP contribution in [0.15, 0.2) is 90.0 Å². The molecule has 1 unspecified atom stereocenters. The normalized spacial score (nSPS) is 15.6. The predicted octanol–water partition coefficient (Wildman–Crippen LogP) is 5.89. The number of nitrogens with zero attached hydrogens (tertiary/aromatic N) is 3. The summed E-state index contributed by atoms with van der Waals surface area (Å²) in [6.07, 6.45) is 0.541. The van der Waals surface area contributed by atoms with Gasteiger partial charge in [0.15, 0.2) is 0 Å². The van der Waals surface area contributed by atoms with Crippen molar-refractivity contribution in [2.75, 3.05) is 7.11 Å². The number of hydrazone groups is 1. The predicted molar refractivity (Wildman–Crippen MR) is 126 cm³/mol. The van der Waals surface area contributed by atoms with Gasteiger partial charge >= 0.3 is 0 Å². The Morgan fingerprint density at radius 2 is 1.72 bits per heavy atom. The smallest absolute Gasteiger partial charge is 0.274 e. The molecular weight excluding hydrogens is 422 g/mol. The van der Waals surface area contributed by atoms with Crippen LogP contribution in [0.25, 0.3) is 10.9 Å². The molecule has 1 aromatic heterocycles. The fraction of sp³-hybridized carbons (Fsp3) is 0.115. The second kappa shape index (κ2) is 8.44. The topological polar surface area (TPSA) is 54.8 Å². The van der Waals surface area contributed by atoms with Gasteiger partial charge in [-0.2, -0.15) is 5.10 Å². The van der Waals surface area contributed by atoms with Crippen LogP contribution >= 0.6 is 11.6 Å². The monoisotopic (exact) mass is 441 g/mol. The molecule has 6 heteroatoms. The summed E-state index contributed by atoms with van der Waals surface area (Å²) in [4.78, 5) is 18.0. The summed E-state index contributed by atoms with van der Waals surface area (Å²) >= 11 is 6.64. The number of halogens is 1. The van der Waals surface area contributed by atoms with E-state index in [1.807, 2.05) is 72.8 Å². The number of carbonyl (C=O) groups excluding carboxylic acids is 1. The number of hydrogen-bond donors (Lipinski definition) is 0. The van der Waals surface area contributed by atoms with Crippen molar-refractivity contribution in [1.82, 2.24) is 9.99 Å². The van der Waals surface area contributed by atoms with Crippen LogP contribution in [-0.2, 0) is 0 Å². The lowest BCUT2D eigenvalue weighted by molar-refractivity contribution is 0.0711. The molecular formula is C26H20ClN3O2. The molecule has 0 N–H and O–H groups in total. The summed E-state index contributed by atoms with van der Waals surface area (Å²) in [5.41, 5.74) is 3.91. The van der Waals surface area contributed by atoms with E-state index in [-0.39, 0.29) is 11.9 Å². The second-order valence-corrected chi connectivity index (χ2v) is 7.93. The van der Waals surface area contributed by atoms with Crippen molar-refractivity contribution in [3.8, 4) is 5.75 Å². The molecule has 0 saturated carbocycles. The first-order valence-electron chi connectivity index (χ1n) is 10.3. The minimum atomic E-state index is -0.367. The Kier molecular flexibility index (Phi) is 5.33. The largest absolute Gasteiger partial charge is 0.497 e. The average molecular weight is 442 g/mol. The summed E-state index contributed by atoms with van der Waals surface area (Å²) in [7, 11) is 1.63. The molecule has 3 aromatic carbocycles. The Bertz CT molecular complexity index is 1320. The van der Waals surface area contributed by atoms with Crippen LogP contribution in [0.2, 0.25) is 5.15 Å². The minimum absolute atomic E-state index is 0.177. The SMILES string of the molecule is COc1ccc2nc(Cl)c(C3CC(c4ccccc4)=NN3C(=O)c3ccccc3)cc2c1. The quantitative estimate of drug-likeness (QED) is 0.371. The van der Waals surface area contributed by atoms with Gasteiger partial charge in [0.2, 0.25) is 0 Å². The minimum Gasteiger partial charge on any atom is -0.497 e. The molecule has 0 aliphatic carbocycles. The third kappa shape index (κ3) is 3.72. The summed E-state index contributed by atoms with van der Waals surface area (Å²) in [5, 5.41) is 7.53. The highest BCUT2D eigenvalue weighted by Crippen LogP contribution is 2.38. The standard InChI is InChI=1S/C26H20ClN3O2/c1-32-20-12-13-22-19(14-20)15-21(25(27)28-22)24-16-23(17-8-4-2-5-9-17)29-30(24)26(31)18-10-6-3-7-11-18/h2-15,24H,16H2,1H3. The first-order chi connectivity index (χ1) is 15.6. The molecule has 5 nitrogen and oxygen atoms in total. The van der Waals surface area contributed by atoms with E-state index in [0.717, 1.165) is 33.5 Å². The maximum atomic E-state index is 13.4. The molecule has 4 aromatic rings. The van der Waals surface area contributed by atoms with Crippen LogP contribution < -0.4 is 4.74 Å². The number of hydrogen-bond acceptors (Lipinski definition) is 4. The molecule has 2 heterocycles. The van der Waals surface area contributed by atoms with E-state index in [0.29, 0.717) is 17.1 Å². The molecule has 158 valence electrons. The summed E-state index contributed by atoms with van der Waals surface area (Å²) in [5.74, 6) is 0.556. The number of fused-ring (bicyclic) bond motifs is 1. The number of pyridine rings is 1. The Morgan fingerprint density at radius 3 is 2.44 bits per heavy atom. The molecule has 1 amide bonds. The van der Waals surface area contributed by atoms with Gasteiger partial charge in [-0.3, -0.25) is 4.79 Å². The van der Waals surface area contributed by atoms with E-state index in [9.17, 15) is 4.79 Å². The molecule has 0 spiro atoms. The Labute approximate surface area is 190 Å². The number of methoxy groups -OCH3 is 1. The van der Waals surface area contributed by atoms with Gasteiger partial charge in [-0.15, -0.1) is 0 Å². The first-order valence-corrected chi connectivity index (χ1v) is 10.7.